The fourth-order valence-corrected chi connectivity index (χ4v) is 7.58. The number of carboxylic acid groups (broad SMARTS) is 1. The van der Waals surface area contributed by atoms with Crippen molar-refractivity contribution in [3.8, 4) is 0 Å². The molecule has 8 atom stereocenters. The van der Waals surface area contributed by atoms with Crippen molar-refractivity contribution in [2.45, 2.75) is 64.6 Å². The van der Waals surface area contributed by atoms with Crippen LogP contribution in [0.4, 0.5) is 0 Å². The first kappa shape index (κ1) is 19.6. The first-order valence-electron chi connectivity index (χ1n) is 10.2. The standard InChI is InChI=1S/C22H30O6/c1-11-6-13-14-4-5-22(28,19(26)27)21(14,3)9-17(25)18(13)20(2)8-12(10-23)16(24)7-15(11)20/h7,10-11,13-14,17-18,23,25,28H,4-6,8-9H2,1-3H3,(H,26,27)/t11-,13-,14-,17-,18+,20-,21-,22-/m0/s1. The molecular formula is C22H30O6. The Morgan fingerprint density at radius 1 is 1.32 bits per heavy atom. The Morgan fingerprint density at radius 3 is 2.61 bits per heavy atom. The summed E-state index contributed by atoms with van der Waals surface area (Å²) in [5.74, 6) is -1.31. The van der Waals surface area contributed by atoms with E-state index in [1.54, 1.807) is 6.08 Å². The van der Waals surface area contributed by atoms with Gasteiger partial charge in [0.1, 0.15) is 0 Å². The maximum absolute atomic E-state index is 12.3. The monoisotopic (exact) mass is 390 g/mol. The number of aliphatic hydroxyl groups excluding tert-OH is 2. The van der Waals surface area contributed by atoms with Gasteiger partial charge >= 0.3 is 5.97 Å². The third-order valence-electron chi connectivity index (χ3n) is 8.83. The molecule has 4 N–H and O–H groups in total. The average molecular weight is 390 g/mol. The number of carbonyl (C=O) groups excluding carboxylic acids is 1. The van der Waals surface area contributed by atoms with Crippen LogP contribution in [0.2, 0.25) is 0 Å². The molecule has 3 fully saturated rings. The molecule has 0 aromatic heterocycles. The number of fused-ring (bicyclic) bond motifs is 5. The van der Waals surface area contributed by atoms with Gasteiger partial charge in [0.15, 0.2) is 11.4 Å². The van der Waals surface area contributed by atoms with Gasteiger partial charge in [0, 0.05) is 11.0 Å². The molecular weight excluding hydrogens is 360 g/mol. The van der Waals surface area contributed by atoms with E-state index < -0.39 is 28.5 Å². The zero-order valence-corrected chi connectivity index (χ0v) is 16.7. The molecule has 0 aliphatic heterocycles. The van der Waals surface area contributed by atoms with Gasteiger partial charge in [-0.15, -0.1) is 0 Å². The van der Waals surface area contributed by atoms with Crippen LogP contribution in [0.15, 0.2) is 23.5 Å². The second kappa shape index (κ2) is 5.92. The third kappa shape index (κ3) is 2.22. The van der Waals surface area contributed by atoms with Crippen LogP contribution in [0.5, 0.6) is 0 Å². The minimum Gasteiger partial charge on any atom is -0.515 e. The Bertz CT molecular complexity index is 799. The van der Waals surface area contributed by atoms with E-state index in [1.165, 1.54) is 0 Å². The maximum atomic E-state index is 12.3. The number of carbonyl (C=O) groups is 2. The zero-order chi connectivity index (χ0) is 20.6. The lowest BCUT2D eigenvalue weighted by atomic mass is 9.44. The van der Waals surface area contributed by atoms with Gasteiger partial charge in [-0.05, 0) is 67.3 Å². The van der Waals surface area contributed by atoms with Crippen molar-refractivity contribution in [3.05, 3.63) is 23.5 Å². The molecule has 0 saturated heterocycles. The molecule has 4 aliphatic carbocycles. The van der Waals surface area contributed by atoms with Crippen molar-refractivity contribution in [1.29, 1.82) is 0 Å². The first-order valence-corrected chi connectivity index (χ1v) is 10.2. The van der Waals surface area contributed by atoms with Gasteiger partial charge in [0.2, 0.25) is 0 Å². The molecule has 0 aromatic carbocycles. The quantitative estimate of drug-likeness (QED) is 0.404. The summed E-state index contributed by atoms with van der Waals surface area (Å²) < 4.78 is 0. The molecule has 0 bridgehead atoms. The van der Waals surface area contributed by atoms with E-state index in [2.05, 4.69) is 13.8 Å². The van der Waals surface area contributed by atoms with E-state index in [0.717, 1.165) is 18.3 Å². The largest absolute Gasteiger partial charge is 0.515 e. The number of aliphatic hydroxyl groups is 3. The highest BCUT2D eigenvalue weighted by atomic mass is 16.4. The molecule has 4 aliphatic rings. The lowest BCUT2D eigenvalue weighted by molar-refractivity contribution is -0.195. The molecule has 0 unspecified atom stereocenters. The minimum atomic E-state index is -1.82. The fourth-order valence-electron chi connectivity index (χ4n) is 7.58. The van der Waals surface area contributed by atoms with Crippen LogP contribution in [0, 0.1) is 34.5 Å². The molecule has 3 saturated carbocycles. The smallest absolute Gasteiger partial charge is 0.336 e. The Labute approximate surface area is 165 Å². The van der Waals surface area contributed by atoms with Crippen LogP contribution in [0.25, 0.3) is 0 Å². The van der Waals surface area contributed by atoms with Crippen LogP contribution < -0.4 is 0 Å². The Hall–Kier alpha value is -1.66. The van der Waals surface area contributed by atoms with Gasteiger partial charge in [-0.2, -0.15) is 0 Å². The van der Waals surface area contributed by atoms with E-state index in [4.69, 9.17) is 0 Å². The van der Waals surface area contributed by atoms with Crippen LogP contribution in [-0.4, -0.2) is 43.9 Å². The van der Waals surface area contributed by atoms with Crippen LogP contribution in [0.3, 0.4) is 0 Å². The Morgan fingerprint density at radius 2 is 2.00 bits per heavy atom. The van der Waals surface area contributed by atoms with E-state index in [9.17, 15) is 30.0 Å². The summed E-state index contributed by atoms with van der Waals surface area (Å²) in [5.41, 5.74) is -1.78. The van der Waals surface area contributed by atoms with E-state index in [0.29, 0.717) is 18.4 Å². The van der Waals surface area contributed by atoms with Gasteiger partial charge in [-0.25, -0.2) is 4.79 Å². The summed E-state index contributed by atoms with van der Waals surface area (Å²) in [4.78, 5) is 24.2. The van der Waals surface area contributed by atoms with Gasteiger partial charge in [-0.3, -0.25) is 4.79 Å². The molecule has 0 heterocycles. The van der Waals surface area contributed by atoms with Crippen molar-refractivity contribution in [3.63, 3.8) is 0 Å². The number of aliphatic carboxylic acids is 1. The van der Waals surface area contributed by atoms with E-state index >= 15 is 0 Å². The summed E-state index contributed by atoms with van der Waals surface area (Å²) in [7, 11) is 0. The number of rotatable bonds is 1. The SMILES string of the molecule is C[C@H]1C[C@@H]2[C@H]([C@@H](O)C[C@@]3(C)[C@H]2CC[C@]3(O)C(=O)O)[C@@]2(C)CC(=CO)C(=O)C=C12. The zero-order valence-electron chi connectivity index (χ0n) is 16.7. The number of hydrogen-bond acceptors (Lipinski definition) is 5. The van der Waals surface area contributed by atoms with E-state index in [1.807, 2.05) is 6.92 Å². The average Bonchev–Trinajstić information content (AvgIpc) is 2.88. The molecule has 0 amide bonds. The molecule has 4 rings (SSSR count). The lowest BCUT2D eigenvalue weighted by Gasteiger charge is -2.61. The lowest BCUT2D eigenvalue weighted by Crippen LogP contribution is -2.62. The van der Waals surface area contributed by atoms with E-state index in [-0.39, 0.29) is 42.3 Å². The minimum absolute atomic E-state index is 0.00186. The predicted molar refractivity (Wildman–Crippen MR) is 101 cm³/mol. The number of carboxylic acids is 1. The van der Waals surface area contributed by atoms with Gasteiger partial charge < -0.3 is 20.4 Å². The highest BCUT2D eigenvalue weighted by Gasteiger charge is 2.69. The predicted octanol–water partition coefficient (Wildman–Crippen LogP) is 2.60. The maximum Gasteiger partial charge on any atom is 0.336 e. The molecule has 154 valence electrons. The Kier molecular flexibility index (Phi) is 4.16. The van der Waals surface area contributed by atoms with Crippen molar-refractivity contribution in [2.24, 2.45) is 34.5 Å². The summed E-state index contributed by atoms with van der Waals surface area (Å²) in [5, 5.41) is 41.5. The van der Waals surface area contributed by atoms with Gasteiger partial charge in [-0.1, -0.05) is 26.3 Å². The van der Waals surface area contributed by atoms with Crippen LogP contribution >= 0.6 is 0 Å². The summed E-state index contributed by atoms with van der Waals surface area (Å²) >= 11 is 0. The topological polar surface area (TPSA) is 115 Å². The number of allylic oxidation sites excluding steroid dienone is 2. The summed E-state index contributed by atoms with van der Waals surface area (Å²) in [6.45, 7) is 5.96. The first-order chi connectivity index (χ1) is 13.0. The number of ketones is 1. The number of hydrogen-bond donors (Lipinski definition) is 4. The summed E-state index contributed by atoms with van der Waals surface area (Å²) in [6, 6.07) is 0. The third-order valence-corrected chi connectivity index (χ3v) is 8.83. The summed E-state index contributed by atoms with van der Waals surface area (Å²) in [6.07, 6.45) is 3.94. The molecule has 6 nitrogen and oxygen atoms in total. The Balaban J connectivity index is 1.81. The van der Waals surface area contributed by atoms with Crippen LogP contribution in [-0.2, 0) is 9.59 Å². The normalized spacial score (nSPS) is 51.9. The van der Waals surface area contributed by atoms with Gasteiger partial charge in [0.05, 0.1) is 12.4 Å². The molecule has 0 spiro atoms. The molecule has 0 aromatic rings. The van der Waals surface area contributed by atoms with Crippen molar-refractivity contribution in [1.82, 2.24) is 0 Å². The van der Waals surface area contributed by atoms with Crippen LogP contribution in [0.1, 0.15) is 52.9 Å². The highest BCUT2D eigenvalue weighted by Crippen LogP contribution is 2.68. The highest BCUT2D eigenvalue weighted by molar-refractivity contribution is 6.05. The van der Waals surface area contributed by atoms with Gasteiger partial charge in [0.25, 0.3) is 0 Å². The molecule has 0 radical (unpaired) electrons. The molecule has 28 heavy (non-hydrogen) atoms. The fraction of sp³-hybridized carbons (Fsp3) is 0.727. The van der Waals surface area contributed by atoms with Crippen molar-refractivity contribution in [2.75, 3.05) is 0 Å². The molecule has 6 heteroatoms. The second-order valence-electron chi connectivity index (χ2n) is 10.0. The van der Waals surface area contributed by atoms with Crippen molar-refractivity contribution < 1.29 is 30.0 Å². The second-order valence-corrected chi connectivity index (χ2v) is 10.0. The van der Waals surface area contributed by atoms with Crippen molar-refractivity contribution >= 4 is 11.8 Å².